The third kappa shape index (κ3) is 3.29. The number of nitrogens with one attached hydrogen (secondary N) is 1. The fraction of sp³-hybridized carbons (Fsp3) is 0.150. The molecule has 0 saturated carbocycles. The summed E-state index contributed by atoms with van der Waals surface area (Å²) in [5, 5.41) is 3.20. The van der Waals surface area contributed by atoms with Crippen molar-refractivity contribution in [2.24, 2.45) is 0 Å². The lowest BCUT2D eigenvalue weighted by atomic mass is 10.1. The molecule has 0 bridgehead atoms. The number of anilines is 1. The van der Waals surface area contributed by atoms with Crippen LogP contribution < -0.4 is 5.32 Å². The highest BCUT2D eigenvalue weighted by atomic mass is 79.9. The second kappa shape index (κ2) is 7.05. The van der Waals surface area contributed by atoms with Gasteiger partial charge in [0.25, 0.3) is 0 Å². The van der Waals surface area contributed by atoms with Crippen LogP contribution in [0.3, 0.4) is 0 Å². The summed E-state index contributed by atoms with van der Waals surface area (Å²) < 4.78 is 3.07. The highest BCUT2D eigenvalue weighted by molar-refractivity contribution is 9.10. The maximum Gasteiger partial charge on any atom is 0.183 e. The fourth-order valence-electron chi connectivity index (χ4n) is 2.89. The number of Topliss-reactive ketones (excluding diaryl/α,β-unsaturated/α-hetero) is 1. The molecule has 0 fully saturated rings. The summed E-state index contributed by atoms with van der Waals surface area (Å²) in [6.45, 7) is 4.28. The molecule has 24 heavy (non-hydrogen) atoms. The van der Waals surface area contributed by atoms with Crippen LogP contribution in [-0.4, -0.2) is 16.9 Å². The van der Waals surface area contributed by atoms with Crippen LogP contribution in [0, 0.1) is 13.8 Å². The Labute approximate surface area is 150 Å². The number of aryl methyl sites for hydroxylation is 1. The summed E-state index contributed by atoms with van der Waals surface area (Å²) in [5.74, 6) is 0.0843. The SMILES string of the molecule is Cc1cc(C(=O)CNc2ccccc2Br)c(C)n1-c1ccccc1. The number of para-hydroxylation sites is 2. The Balaban J connectivity index is 1.83. The minimum absolute atomic E-state index is 0.0843. The molecule has 122 valence electrons. The lowest BCUT2D eigenvalue weighted by Crippen LogP contribution is -2.15. The molecule has 0 radical (unpaired) electrons. The maximum atomic E-state index is 12.7. The topological polar surface area (TPSA) is 34.0 Å². The average Bonchev–Trinajstić information content (AvgIpc) is 2.89. The standard InChI is InChI=1S/C20H19BrN2O/c1-14-12-17(15(2)23(14)16-8-4-3-5-9-16)20(24)13-22-19-11-7-6-10-18(19)21/h3-12,22H,13H2,1-2H3. The van der Waals surface area contributed by atoms with Crippen LogP contribution >= 0.6 is 15.9 Å². The molecule has 0 amide bonds. The Kier molecular flexibility index (Phi) is 4.86. The van der Waals surface area contributed by atoms with Crippen molar-refractivity contribution in [1.29, 1.82) is 0 Å². The first-order valence-corrected chi connectivity index (χ1v) is 8.63. The van der Waals surface area contributed by atoms with Gasteiger partial charge in [0.1, 0.15) is 0 Å². The van der Waals surface area contributed by atoms with Crippen molar-refractivity contribution < 1.29 is 4.79 Å². The maximum absolute atomic E-state index is 12.7. The zero-order valence-electron chi connectivity index (χ0n) is 13.7. The number of aromatic nitrogens is 1. The molecule has 0 aliphatic carbocycles. The number of carbonyl (C=O) groups is 1. The first-order valence-electron chi connectivity index (χ1n) is 7.84. The molecule has 0 spiro atoms. The summed E-state index contributed by atoms with van der Waals surface area (Å²) in [5.41, 5.74) is 4.78. The molecule has 0 aliphatic rings. The first kappa shape index (κ1) is 16.5. The van der Waals surface area contributed by atoms with Crippen molar-refractivity contribution in [2.75, 3.05) is 11.9 Å². The quantitative estimate of drug-likeness (QED) is 0.618. The van der Waals surface area contributed by atoms with Gasteiger partial charge in [0, 0.05) is 32.8 Å². The van der Waals surface area contributed by atoms with E-state index in [0.717, 1.165) is 32.8 Å². The molecule has 3 aromatic rings. The highest BCUT2D eigenvalue weighted by Gasteiger charge is 2.16. The predicted octanol–water partition coefficient (Wildman–Crippen LogP) is 5.15. The van der Waals surface area contributed by atoms with E-state index in [4.69, 9.17) is 0 Å². The van der Waals surface area contributed by atoms with Crippen molar-refractivity contribution in [2.45, 2.75) is 13.8 Å². The van der Waals surface area contributed by atoms with Crippen LogP contribution in [0.15, 0.2) is 65.1 Å². The summed E-state index contributed by atoms with van der Waals surface area (Å²) >= 11 is 3.49. The van der Waals surface area contributed by atoms with E-state index in [9.17, 15) is 4.79 Å². The van der Waals surface area contributed by atoms with Crippen LogP contribution in [0.1, 0.15) is 21.7 Å². The smallest absolute Gasteiger partial charge is 0.183 e. The van der Waals surface area contributed by atoms with Crippen LogP contribution in [0.5, 0.6) is 0 Å². The number of carbonyl (C=O) groups excluding carboxylic acids is 1. The zero-order chi connectivity index (χ0) is 17.1. The zero-order valence-corrected chi connectivity index (χ0v) is 15.3. The van der Waals surface area contributed by atoms with Gasteiger partial charge in [-0.25, -0.2) is 0 Å². The summed E-state index contributed by atoms with van der Waals surface area (Å²) in [7, 11) is 0. The van der Waals surface area contributed by atoms with Gasteiger partial charge in [0.2, 0.25) is 0 Å². The number of ketones is 1. The van der Waals surface area contributed by atoms with Crippen molar-refractivity contribution in [3.63, 3.8) is 0 Å². The Morgan fingerprint density at radius 2 is 1.71 bits per heavy atom. The second-order valence-electron chi connectivity index (χ2n) is 5.71. The van der Waals surface area contributed by atoms with Crippen LogP contribution in [0.2, 0.25) is 0 Å². The van der Waals surface area contributed by atoms with E-state index >= 15 is 0 Å². The van der Waals surface area contributed by atoms with E-state index in [1.807, 2.05) is 74.5 Å². The molecule has 2 aromatic carbocycles. The Hall–Kier alpha value is -2.33. The Bertz CT molecular complexity index is 869. The van der Waals surface area contributed by atoms with Gasteiger partial charge in [-0.05, 0) is 60.1 Å². The fourth-order valence-corrected chi connectivity index (χ4v) is 3.32. The molecule has 1 heterocycles. The monoisotopic (exact) mass is 382 g/mol. The molecule has 1 N–H and O–H groups in total. The lowest BCUT2D eigenvalue weighted by molar-refractivity contribution is 0.101. The molecule has 0 aliphatic heterocycles. The van der Waals surface area contributed by atoms with E-state index in [-0.39, 0.29) is 12.3 Å². The molecular weight excluding hydrogens is 364 g/mol. The van der Waals surface area contributed by atoms with E-state index in [1.54, 1.807) is 0 Å². The van der Waals surface area contributed by atoms with E-state index in [1.165, 1.54) is 0 Å². The van der Waals surface area contributed by atoms with Gasteiger partial charge in [0.15, 0.2) is 5.78 Å². The van der Waals surface area contributed by atoms with Crippen molar-refractivity contribution in [3.8, 4) is 5.69 Å². The van der Waals surface area contributed by atoms with Gasteiger partial charge >= 0.3 is 0 Å². The first-order chi connectivity index (χ1) is 11.6. The lowest BCUT2D eigenvalue weighted by Gasteiger charge is -2.10. The molecule has 1 aromatic heterocycles. The molecule has 3 nitrogen and oxygen atoms in total. The van der Waals surface area contributed by atoms with Gasteiger partial charge in [0.05, 0.1) is 6.54 Å². The van der Waals surface area contributed by atoms with E-state index < -0.39 is 0 Å². The van der Waals surface area contributed by atoms with Gasteiger partial charge in [-0.1, -0.05) is 30.3 Å². The number of hydrogen-bond acceptors (Lipinski definition) is 2. The second-order valence-corrected chi connectivity index (χ2v) is 6.57. The van der Waals surface area contributed by atoms with Crippen molar-refractivity contribution in [1.82, 2.24) is 4.57 Å². The average molecular weight is 383 g/mol. The molecule has 0 atom stereocenters. The van der Waals surface area contributed by atoms with Gasteiger partial charge < -0.3 is 9.88 Å². The third-order valence-corrected chi connectivity index (χ3v) is 4.75. The number of hydrogen-bond donors (Lipinski definition) is 1. The summed E-state index contributed by atoms with van der Waals surface area (Å²) in [4.78, 5) is 12.7. The normalized spacial score (nSPS) is 10.6. The highest BCUT2D eigenvalue weighted by Crippen LogP contribution is 2.23. The van der Waals surface area contributed by atoms with Gasteiger partial charge in [-0.15, -0.1) is 0 Å². The Morgan fingerprint density at radius 3 is 2.42 bits per heavy atom. The minimum atomic E-state index is 0.0843. The number of halogens is 1. The van der Waals surface area contributed by atoms with Crippen molar-refractivity contribution in [3.05, 3.63) is 82.1 Å². The molecule has 4 heteroatoms. The minimum Gasteiger partial charge on any atom is -0.377 e. The molecule has 3 rings (SSSR count). The molecule has 0 saturated heterocycles. The van der Waals surface area contributed by atoms with Gasteiger partial charge in [-0.2, -0.15) is 0 Å². The van der Waals surface area contributed by atoms with E-state index in [2.05, 4.69) is 25.8 Å². The van der Waals surface area contributed by atoms with Gasteiger partial charge in [-0.3, -0.25) is 4.79 Å². The van der Waals surface area contributed by atoms with E-state index in [0.29, 0.717) is 0 Å². The summed E-state index contributed by atoms with van der Waals surface area (Å²) in [6.07, 6.45) is 0. The molecular formula is C20H19BrN2O. The van der Waals surface area contributed by atoms with Crippen molar-refractivity contribution >= 4 is 27.4 Å². The van der Waals surface area contributed by atoms with Crippen LogP contribution in [0.4, 0.5) is 5.69 Å². The predicted molar refractivity (Wildman–Crippen MR) is 102 cm³/mol. The van der Waals surface area contributed by atoms with Crippen LogP contribution in [-0.2, 0) is 0 Å². The number of rotatable bonds is 5. The number of benzene rings is 2. The summed E-state index contributed by atoms with van der Waals surface area (Å²) in [6, 6.07) is 19.9. The van der Waals surface area contributed by atoms with Crippen LogP contribution in [0.25, 0.3) is 5.69 Å². The third-order valence-electron chi connectivity index (χ3n) is 4.06. The molecule has 0 unspecified atom stereocenters. The largest absolute Gasteiger partial charge is 0.377 e. The Morgan fingerprint density at radius 1 is 1.04 bits per heavy atom. The number of nitrogens with zero attached hydrogens (tertiary/aromatic N) is 1.